The van der Waals surface area contributed by atoms with Gasteiger partial charge in [-0.3, -0.25) is 0 Å². The number of nitrogen functional groups attached to an aromatic ring is 1. The first-order valence-corrected chi connectivity index (χ1v) is 3.33. The lowest BCUT2D eigenvalue weighted by molar-refractivity contribution is 0.0698. The number of aryl methyl sites for hydroxylation is 1. The lowest BCUT2D eigenvalue weighted by atomic mass is 10.3. The number of anilines is 1. The van der Waals surface area contributed by atoms with Crippen molar-refractivity contribution in [2.45, 2.75) is 13.5 Å². The van der Waals surface area contributed by atoms with Crippen LogP contribution in [0.3, 0.4) is 0 Å². The lowest BCUT2D eigenvalue weighted by Gasteiger charge is -1.90. The highest BCUT2D eigenvalue weighted by molar-refractivity contribution is 5.93. The smallest absolute Gasteiger partial charge is 0.339 e. The molecule has 1 heterocycles. The molecular formula is C7H10N2O2. The van der Waals surface area contributed by atoms with Crippen molar-refractivity contribution in [1.82, 2.24) is 4.57 Å². The van der Waals surface area contributed by atoms with E-state index in [0.29, 0.717) is 5.69 Å². The van der Waals surface area contributed by atoms with Gasteiger partial charge in [0.15, 0.2) is 0 Å². The van der Waals surface area contributed by atoms with E-state index in [-0.39, 0.29) is 5.56 Å². The van der Waals surface area contributed by atoms with Gasteiger partial charge in [0.05, 0.1) is 5.69 Å². The minimum absolute atomic E-state index is 0.173. The molecule has 0 fully saturated rings. The summed E-state index contributed by atoms with van der Waals surface area (Å²) >= 11 is 0. The Morgan fingerprint density at radius 1 is 1.73 bits per heavy atom. The van der Waals surface area contributed by atoms with Crippen LogP contribution in [0.15, 0.2) is 12.4 Å². The third-order valence-corrected chi connectivity index (χ3v) is 1.51. The molecule has 11 heavy (non-hydrogen) atoms. The predicted molar refractivity (Wildman–Crippen MR) is 41.5 cm³/mol. The molecule has 4 nitrogen and oxygen atoms in total. The number of nitrogens with two attached hydrogens (primary N) is 1. The van der Waals surface area contributed by atoms with Crippen LogP contribution in [0.4, 0.5) is 5.69 Å². The van der Waals surface area contributed by atoms with Crippen LogP contribution in [0.5, 0.6) is 0 Å². The van der Waals surface area contributed by atoms with Crippen molar-refractivity contribution >= 4 is 11.7 Å². The van der Waals surface area contributed by atoms with E-state index < -0.39 is 5.97 Å². The van der Waals surface area contributed by atoms with Crippen molar-refractivity contribution in [1.29, 1.82) is 0 Å². The molecule has 0 spiro atoms. The summed E-state index contributed by atoms with van der Waals surface area (Å²) in [5.41, 5.74) is 5.91. The molecule has 0 aliphatic heterocycles. The fraction of sp³-hybridized carbons (Fsp3) is 0.286. The quantitative estimate of drug-likeness (QED) is 0.661. The molecule has 0 saturated heterocycles. The topological polar surface area (TPSA) is 68.2 Å². The van der Waals surface area contributed by atoms with Gasteiger partial charge >= 0.3 is 5.97 Å². The van der Waals surface area contributed by atoms with Crippen LogP contribution in [0.2, 0.25) is 0 Å². The minimum Gasteiger partial charge on any atom is -0.478 e. The third-order valence-electron chi connectivity index (χ3n) is 1.51. The molecule has 0 atom stereocenters. The number of carboxylic acids is 1. The van der Waals surface area contributed by atoms with Crippen LogP contribution in [0.1, 0.15) is 17.3 Å². The van der Waals surface area contributed by atoms with Crippen LogP contribution in [0, 0.1) is 0 Å². The van der Waals surface area contributed by atoms with Gasteiger partial charge < -0.3 is 15.4 Å². The first-order chi connectivity index (χ1) is 5.15. The highest BCUT2D eigenvalue weighted by atomic mass is 16.4. The highest BCUT2D eigenvalue weighted by Gasteiger charge is 2.09. The molecule has 3 N–H and O–H groups in total. The SMILES string of the molecule is CCn1cc(N)c(C(=O)O)c1. The summed E-state index contributed by atoms with van der Waals surface area (Å²) in [4.78, 5) is 10.5. The average molecular weight is 154 g/mol. The van der Waals surface area contributed by atoms with E-state index in [1.165, 1.54) is 6.20 Å². The van der Waals surface area contributed by atoms with E-state index >= 15 is 0 Å². The second kappa shape index (κ2) is 2.65. The number of carbonyl (C=O) groups is 1. The minimum atomic E-state index is -0.977. The monoisotopic (exact) mass is 154 g/mol. The Hall–Kier alpha value is -1.45. The Bertz CT molecular complexity index is 278. The molecule has 0 aliphatic carbocycles. The van der Waals surface area contributed by atoms with Crippen molar-refractivity contribution in [3.05, 3.63) is 18.0 Å². The number of carboxylic acid groups (broad SMARTS) is 1. The summed E-state index contributed by atoms with van der Waals surface area (Å²) in [6, 6.07) is 0. The first kappa shape index (κ1) is 7.65. The third kappa shape index (κ3) is 1.34. The lowest BCUT2D eigenvalue weighted by Crippen LogP contribution is -1.97. The number of rotatable bonds is 2. The maximum absolute atomic E-state index is 10.5. The highest BCUT2D eigenvalue weighted by Crippen LogP contribution is 2.12. The van der Waals surface area contributed by atoms with E-state index in [9.17, 15) is 4.79 Å². The average Bonchev–Trinajstić information content (AvgIpc) is 2.30. The maximum Gasteiger partial charge on any atom is 0.339 e. The summed E-state index contributed by atoms with van der Waals surface area (Å²) in [5.74, 6) is -0.977. The van der Waals surface area contributed by atoms with Gasteiger partial charge in [0, 0.05) is 18.9 Å². The van der Waals surface area contributed by atoms with Crippen LogP contribution >= 0.6 is 0 Å². The molecule has 1 rings (SSSR count). The second-order valence-corrected chi connectivity index (χ2v) is 2.26. The van der Waals surface area contributed by atoms with E-state index in [1.807, 2.05) is 6.92 Å². The zero-order valence-corrected chi connectivity index (χ0v) is 6.24. The Morgan fingerprint density at radius 2 is 2.36 bits per heavy atom. The Kier molecular flexibility index (Phi) is 1.85. The molecule has 0 bridgehead atoms. The van der Waals surface area contributed by atoms with Crippen molar-refractivity contribution in [2.75, 3.05) is 5.73 Å². The molecule has 0 aliphatic rings. The number of nitrogens with zero attached hydrogens (tertiary/aromatic N) is 1. The molecule has 0 aromatic carbocycles. The number of aromatic carboxylic acids is 1. The van der Waals surface area contributed by atoms with Crippen molar-refractivity contribution in [2.24, 2.45) is 0 Å². The fourth-order valence-corrected chi connectivity index (χ4v) is 0.887. The van der Waals surface area contributed by atoms with Crippen molar-refractivity contribution in [3.8, 4) is 0 Å². The van der Waals surface area contributed by atoms with Crippen molar-refractivity contribution < 1.29 is 9.90 Å². The summed E-state index contributed by atoms with van der Waals surface area (Å²) in [7, 11) is 0. The van der Waals surface area contributed by atoms with Gasteiger partial charge in [0.25, 0.3) is 0 Å². The van der Waals surface area contributed by atoms with Gasteiger partial charge in [-0.05, 0) is 6.92 Å². The van der Waals surface area contributed by atoms with Crippen LogP contribution < -0.4 is 5.73 Å². The Morgan fingerprint density at radius 3 is 2.64 bits per heavy atom. The molecular weight excluding hydrogens is 144 g/mol. The fourth-order valence-electron chi connectivity index (χ4n) is 0.887. The van der Waals surface area contributed by atoms with Gasteiger partial charge in [-0.25, -0.2) is 4.79 Å². The Labute approximate surface area is 64.2 Å². The zero-order valence-electron chi connectivity index (χ0n) is 6.24. The molecule has 0 unspecified atom stereocenters. The summed E-state index contributed by atoms with van der Waals surface area (Å²) in [6.45, 7) is 2.66. The number of aromatic nitrogens is 1. The van der Waals surface area contributed by atoms with Gasteiger partial charge in [0.2, 0.25) is 0 Å². The van der Waals surface area contributed by atoms with Crippen molar-refractivity contribution in [3.63, 3.8) is 0 Å². The van der Waals surface area contributed by atoms with Crippen LogP contribution in [-0.4, -0.2) is 15.6 Å². The molecule has 1 aromatic heterocycles. The van der Waals surface area contributed by atoms with Gasteiger partial charge in [-0.1, -0.05) is 0 Å². The van der Waals surface area contributed by atoms with Gasteiger partial charge in [-0.15, -0.1) is 0 Å². The zero-order chi connectivity index (χ0) is 8.43. The van der Waals surface area contributed by atoms with Crippen LogP contribution in [-0.2, 0) is 6.54 Å². The van der Waals surface area contributed by atoms with E-state index in [1.54, 1.807) is 10.8 Å². The maximum atomic E-state index is 10.5. The summed E-state index contributed by atoms with van der Waals surface area (Å²) in [5, 5.41) is 8.58. The molecule has 0 amide bonds. The standard InChI is InChI=1S/C7H10N2O2/c1-2-9-3-5(7(10)11)6(8)4-9/h3-4H,2,8H2,1H3,(H,10,11). The Balaban J connectivity index is 3.07. The first-order valence-electron chi connectivity index (χ1n) is 3.33. The normalized spacial score (nSPS) is 9.91. The molecule has 60 valence electrons. The van der Waals surface area contributed by atoms with Gasteiger partial charge in [-0.2, -0.15) is 0 Å². The van der Waals surface area contributed by atoms with E-state index in [0.717, 1.165) is 6.54 Å². The summed E-state index contributed by atoms with van der Waals surface area (Å²) in [6.07, 6.45) is 3.14. The van der Waals surface area contributed by atoms with E-state index in [4.69, 9.17) is 10.8 Å². The molecule has 0 saturated carbocycles. The molecule has 4 heteroatoms. The summed E-state index contributed by atoms with van der Waals surface area (Å²) < 4.78 is 1.73. The van der Waals surface area contributed by atoms with Gasteiger partial charge in [0.1, 0.15) is 5.56 Å². The molecule has 0 radical (unpaired) electrons. The second-order valence-electron chi connectivity index (χ2n) is 2.26. The number of hydrogen-bond acceptors (Lipinski definition) is 2. The largest absolute Gasteiger partial charge is 0.478 e. The predicted octanol–water partition coefficient (Wildman–Crippen LogP) is 0.788. The molecule has 1 aromatic rings. The number of hydrogen-bond donors (Lipinski definition) is 2. The van der Waals surface area contributed by atoms with E-state index in [2.05, 4.69) is 0 Å². The van der Waals surface area contributed by atoms with Crippen LogP contribution in [0.25, 0.3) is 0 Å².